The Kier molecular flexibility index (Phi) is 5.12. The van der Waals surface area contributed by atoms with E-state index in [2.05, 4.69) is 4.98 Å². The van der Waals surface area contributed by atoms with Crippen molar-refractivity contribution in [3.63, 3.8) is 0 Å². The number of alkyl halides is 1. The summed E-state index contributed by atoms with van der Waals surface area (Å²) in [7, 11) is -4.34. The SMILES string of the molecule is O=[N+]([O-])c1ccccc1S(=O)(=O)N(CCF)c1ccc(Cl)nc1. The van der Waals surface area contributed by atoms with E-state index in [9.17, 15) is 22.9 Å². The molecule has 0 bridgehead atoms. The van der Waals surface area contributed by atoms with Crippen LogP contribution < -0.4 is 4.31 Å². The van der Waals surface area contributed by atoms with Gasteiger partial charge in [-0.25, -0.2) is 17.8 Å². The lowest BCUT2D eigenvalue weighted by molar-refractivity contribution is -0.387. The third-order valence-electron chi connectivity index (χ3n) is 2.92. The summed E-state index contributed by atoms with van der Waals surface area (Å²) < 4.78 is 39.0. The molecule has 0 aliphatic carbocycles. The van der Waals surface area contributed by atoms with Crippen molar-refractivity contribution in [1.29, 1.82) is 0 Å². The maximum Gasteiger partial charge on any atom is 0.289 e. The van der Waals surface area contributed by atoms with Gasteiger partial charge in [-0.3, -0.25) is 14.4 Å². The van der Waals surface area contributed by atoms with Crippen LogP contribution in [0.25, 0.3) is 0 Å². The number of hydrogen-bond acceptors (Lipinski definition) is 5. The van der Waals surface area contributed by atoms with E-state index in [1.165, 1.54) is 24.3 Å². The molecule has 0 N–H and O–H groups in total. The molecule has 2 aromatic rings. The molecule has 0 saturated heterocycles. The fraction of sp³-hybridized carbons (Fsp3) is 0.154. The Morgan fingerprint density at radius 2 is 1.96 bits per heavy atom. The van der Waals surface area contributed by atoms with Crippen LogP contribution in [-0.4, -0.2) is 31.5 Å². The number of nitro groups is 1. The lowest BCUT2D eigenvalue weighted by atomic mass is 10.3. The second kappa shape index (κ2) is 6.88. The number of hydrogen-bond donors (Lipinski definition) is 0. The van der Waals surface area contributed by atoms with Gasteiger partial charge in [0.2, 0.25) is 0 Å². The molecule has 122 valence electrons. The van der Waals surface area contributed by atoms with Gasteiger partial charge < -0.3 is 0 Å². The number of sulfonamides is 1. The molecule has 0 amide bonds. The maximum atomic E-state index is 12.8. The number of benzene rings is 1. The second-order valence-electron chi connectivity index (χ2n) is 4.33. The number of anilines is 1. The normalized spacial score (nSPS) is 11.2. The molecule has 0 unspecified atom stereocenters. The third kappa shape index (κ3) is 3.57. The van der Waals surface area contributed by atoms with Gasteiger partial charge in [-0.1, -0.05) is 23.7 Å². The van der Waals surface area contributed by atoms with E-state index < -0.39 is 38.7 Å². The zero-order valence-corrected chi connectivity index (χ0v) is 13.2. The first kappa shape index (κ1) is 17.1. The zero-order valence-electron chi connectivity index (χ0n) is 11.6. The Morgan fingerprint density at radius 1 is 1.26 bits per heavy atom. The largest absolute Gasteiger partial charge is 0.289 e. The highest BCUT2D eigenvalue weighted by Crippen LogP contribution is 2.29. The van der Waals surface area contributed by atoms with Gasteiger partial charge in [0, 0.05) is 6.07 Å². The molecule has 23 heavy (non-hydrogen) atoms. The summed E-state index contributed by atoms with van der Waals surface area (Å²) in [6, 6.07) is 7.56. The number of nitrogens with zero attached hydrogens (tertiary/aromatic N) is 3. The van der Waals surface area contributed by atoms with Crippen LogP contribution in [-0.2, 0) is 10.0 Å². The molecule has 0 spiro atoms. The Labute approximate surface area is 136 Å². The van der Waals surface area contributed by atoms with Crippen molar-refractivity contribution >= 4 is 33.0 Å². The smallest absolute Gasteiger partial charge is 0.262 e. The molecule has 2 rings (SSSR count). The molecule has 1 aromatic heterocycles. The van der Waals surface area contributed by atoms with Gasteiger partial charge in [-0.05, 0) is 18.2 Å². The Morgan fingerprint density at radius 3 is 2.52 bits per heavy atom. The standard InChI is InChI=1S/C13H11ClFN3O4S/c14-13-6-5-10(9-16-13)17(8-7-15)23(21,22)12-4-2-1-3-11(12)18(19)20/h1-6,9H,7-8H2. The average molecular weight is 360 g/mol. The van der Waals surface area contributed by atoms with Crippen molar-refractivity contribution in [3.05, 3.63) is 57.9 Å². The maximum absolute atomic E-state index is 12.8. The van der Waals surface area contributed by atoms with Crippen molar-refractivity contribution in [3.8, 4) is 0 Å². The number of pyridine rings is 1. The topological polar surface area (TPSA) is 93.4 Å². The molecule has 0 radical (unpaired) electrons. The van der Waals surface area contributed by atoms with Crippen molar-refractivity contribution < 1.29 is 17.7 Å². The summed E-state index contributed by atoms with van der Waals surface area (Å²) in [5.74, 6) is 0. The highest BCUT2D eigenvalue weighted by Gasteiger charge is 2.31. The van der Waals surface area contributed by atoms with Crippen LogP contribution in [0.4, 0.5) is 15.8 Å². The summed E-state index contributed by atoms with van der Waals surface area (Å²) in [5.41, 5.74) is -0.525. The predicted molar refractivity (Wildman–Crippen MR) is 82.9 cm³/mol. The number of aromatic nitrogens is 1. The molecule has 10 heteroatoms. The van der Waals surface area contributed by atoms with Crippen LogP contribution in [0, 0.1) is 10.1 Å². The fourth-order valence-corrected chi connectivity index (χ4v) is 3.63. The molecule has 1 aromatic carbocycles. The zero-order chi connectivity index (χ0) is 17.0. The summed E-state index contributed by atoms with van der Waals surface area (Å²) in [6.07, 6.45) is 1.16. The molecular formula is C13H11ClFN3O4S. The molecule has 0 fully saturated rings. The average Bonchev–Trinajstić information content (AvgIpc) is 2.53. The first-order valence-electron chi connectivity index (χ1n) is 6.31. The van der Waals surface area contributed by atoms with Crippen LogP contribution in [0.1, 0.15) is 0 Å². The van der Waals surface area contributed by atoms with Gasteiger partial charge >= 0.3 is 0 Å². The van der Waals surface area contributed by atoms with Crippen LogP contribution in [0.3, 0.4) is 0 Å². The van der Waals surface area contributed by atoms with Crippen LogP contribution in [0.5, 0.6) is 0 Å². The first-order valence-corrected chi connectivity index (χ1v) is 8.13. The van der Waals surface area contributed by atoms with Crippen molar-refractivity contribution in [2.75, 3.05) is 17.5 Å². The Hall–Kier alpha value is -2.26. The molecule has 7 nitrogen and oxygen atoms in total. The third-order valence-corrected chi connectivity index (χ3v) is 5.02. The van der Waals surface area contributed by atoms with Gasteiger partial charge in [0.15, 0.2) is 4.90 Å². The monoisotopic (exact) mass is 359 g/mol. The summed E-state index contributed by atoms with van der Waals surface area (Å²) in [4.78, 5) is 13.5. The van der Waals surface area contributed by atoms with Crippen molar-refractivity contribution in [2.45, 2.75) is 4.90 Å². The number of nitro benzene ring substituents is 1. The van der Waals surface area contributed by atoms with Crippen LogP contribution >= 0.6 is 11.6 Å². The molecule has 0 aliphatic heterocycles. The molecule has 0 saturated carbocycles. The molecular weight excluding hydrogens is 349 g/mol. The fourth-order valence-electron chi connectivity index (χ4n) is 1.93. The van der Waals surface area contributed by atoms with E-state index >= 15 is 0 Å². The van der Waals surface area contributed by atoms with Gasteiger partial charge in [0.05, 0.1) is 23.4 Å². The van der Waals surface area contributed by atoms with E-state index in [1.54, 1.807) is 0 Å². The quantitative estimate of drug-likeness (QED) is 0.449. The lowest BCUT2D eigenvalue weighted by Gasteiger charge is -2.22. The lowest BCUT2D eigenvalue weighted by Crippen LogP contribution is -2.33. The highest BCUT2D eigenvalue weighted by molar-refractivity contribution is 7.93. The number of rotatable bonds is 6. The molecule has 0 atom stereocenters. The van der Waals surface area contributed by atoms with E-state index in [4.69, 9.17) is 11.6 Å². The molecule has 1 heterocycles. The summed E-state index contributed by atoms with van der Waals surface area (Å²) in [5, 5.41) is 11.2. The van der Waals surface area contributed by atoms with E-state index in [-0.39, 0.29) is 10.8 Å². The summed E-state index contributed by atoms with van der Waals surface area (Å²) >= 11 is 5.65. The van der Waals surface area contributed by atoms with Crippen LogP contribution in [0.15, 0.2) is 47.5 Å². The van der Waals surface area contributed by atoms with E-state index in [0.29, 0.717) is 0 Å². The number of halogens is 2. The summed E-state index contributed by atoms with van der Waals surface area (Å²) in [6.45, 7) is -1.47. The predicted octanol–water partition coefficient (Wildman–Crippen LogP) is 2.81. The second-order valence-corrected chi connectivity index (χ2v) is 6.55. The minimum absolute atomic E-state index is 0.0604. The van der Waals surface area contributed by atoms with Crippen molar-refractivity contribution in [2.24, 2.45) is 0 Å². The number of para-hydroxylation sites is 1. The van der Waals surface area contributed by atoms with Gasteiger partial charge in [-0.2, -0.15) is 0 Å². The molecule has 0 aliphatic rings. The van der Waals surface area contributed by atoms with Gasteiger partial charge in [0.25, 0.3) is 15.7 Å². The van der Waals surface area contributed by atoms with E-state index in [0.717, 1.165) is 22.6 Å². The van der Waals surface area contributed by atoms with Gasteiger partial charge in [0.1, 0.15) is 11.8 Å². The minimum atomic E-state index is -4.34. The van der Waals surface area contributed by atoms with E-state index in [1.807, 2.05) is 0 Å². The van der Waals surface area contributed by atoms with Crippen LogP contribution in [0.2, 0.25) is 5.15 Å². The first-order chi connectivity index (χ1) is 10.9. The highest BCUT2D eigenvalue weighted by atomic mass is 35.5. The van der Waals surface area contributed by atoms with Crippen molar-refractivity contribution in [1.82, 2.24) is 4.98 Å². The Bertz CT molecular complexity index is 814. The Balaban J connectivity index is 2.58. The van der Waals surface area contributed by atoms with Gasteiger partial charge in [-0.15, -0.1) is 0 Å². The minimum Gasteiger partial charge on any atom is -0.262 e.